The minimum atomic E-state index is -4.23. The van der Waals surface area contributed by atoms with E-state index in [1.54, 1.807) is 79.7 Å². The third kappa shape index (κ3) is 17.0. The van der Waals surface area contributed by atoms with Gasteiger partial charge in [-0.1, -0.05) is 69.3 Å². The molecule has 4 aromatic rings. The van der Waals surface area contributed by atoms with Gasteiger partial charge in [0, 0.05) is 88.8 Å². The standard InChI is InChI=1S/C45H49ClF5N7O4.C9H16FNO3/c1-44(2,26-47)41(56-43(61)62-3)42(60)55-38(39(59)23-52-22-34-35(46)19-31(20-36(34)48)37-6-4-5-17-53-37)18-29-10-7-28(8-11-29)9-12-30-13-16-40(54-21-30)57-24-32-14-15-33(25-57)58(32)27-45(49,50)51;1-9(2,5-10)6(8(11)13)4-7(12)14-3/h4-8,10-11,13,16-17,19-21,32-33,38-39,41,52,59H,14-15,18,22-27H2,1-3H3,(H,55,60)(H,56,61);6H,4-5H2,1-3H3,(H2,11,13)/t32?,33?,38-,39-,41+;6-/m01/s1. The number of hydrogen-bond donors (Lipinski definition) is 5. The molecule has 3 amide bonds. The number of aliphatic hydroxyl groups is 1. The first kappa shape index (κ1) is 60.4. The van der Waals surface area contributed by atoms with Gasteiger partial charge in [0.05, 0.1) is 64.3 Å². The van der Waals surface area contributed by atoms with Crippen LogP contribution in [0.25, 0.3) is 11.3 Å². The number of piperazine rings is 1. The SMILES string of the molecule is COC(=O)C[C@H](C(N)=O)C(C)(C)CF.COC(=O)N[C@H](C(=O)N[C@@H](Cc1ccc(C#Cc2ccc(N3CC4CCC(C3)N4CC(F)(F)F)nc2)cc1)[C@@H](O)CNCc1c(F)cc(-c2ccccn2)cc1Cl)C(C)(C)CF. The highest BCUT2D eigenvalue weighted by Crippen LogP contribution is 2.35. The number of alkyl halides is 5. The number of methoxy groups -OCH3 is 2. The Morgan fingerprint density at radius 1 is 0.882 bits per heavy atom. The summed E-state index contributed by atoms with van der Waals surface area (Å²) in [5.74, 6) is 3.47. The number of primary amides is 1. The molecule has 6 rings (SSSR count). The number of aromatic nitrogens is 2. The van der Waals surface area contributed by atoms with Crippen LogP contribution in [-0.2, 0) is 36.8 Å². The van der Waals surface area contributed by atoms with Crippen LogP contribution in [0.5, 0.6) is 0 Å². The normalized spacial score (nSPS) is 17.2. The molecule has 2 aliphatic rings. The summed E-state index contributed by atoms with van der Waals surface area (Å²) >= 11 is 6.47. The molecule has 0 aliphatic carbocycles. The highest BCUT2D eigenvalue weighted by Gasteiger charge is 2.45. The number of nitrogens with one attached hydrogen (secondary N) is 3. The van der Waals surface area contributed by atoms with Crippen molar-refractivity contribution >= 4 is 41.3 Å². The Hall–Kier alpha value is -6.47. The average molecular weight is 1090 g/mol. The van der Waals surface area contributed by atoms with Crippen molar-refractivity contribution in [2.45, 2.75) is 96.4 Å². The number of pyridine rings is 2. The van der Waals surface area contributed by atoms with E-state index >= 15 is 4.39 Å². The van der Waals surface area contributed by atoms with Gasteiger partial charge in [-0.25, -0.2) is 14.2 Å². The summed E-state index contributed by atoms with van der Waals surface area (Å²) in [5.41, 5.74) is 6.05. The molecule has 0 radical (unpaired) electrons. The first-order valence-corrected chi connectivity index (χ1v) is 24.8. The van der Waals surface area contributed by atoms with E-state index in [0.29, 0.717) is 46.9 Å². The molecule has 4 heterocycles. The van der Waals surface area contributed by atoms with Crippen molar-refractivity contribution in [2.24, 2.45) is 22.5 Å². The Bertz CT molecular complexity index is 2620. The zero-order valence-electron chi connectivity index (χ0n) is 43.2. The first-order chi connectivity index (χ1) is 35.9. The van der Waals surface area contributed by atoms with Gasteiger partial charge >= 0.3 is 18.2 Å². The number of ether oxygens (including phenoxy) is 2. The molecule has 2 fully saturated rings. The average Bonchev–Trinajstić information content (AvgIpc) is 3.59. The van der Waals surface area contributed by atoms with Crippen molar-refractivity contribution in [3.05, 3.63) is 112 Å². The fraction of sp³-hybridized carbons (Fsp3) is 0.481. The smallest absolute Gasteiger partial charge is 0.407 e. The van der Waals surface area contributed by atoms with E-state index in [9.17, 15) is 46.2 Å². The number of anilines is 1. The Kier molecular flexibility index (Phi) is 21.5. The molecule has 2 aromatic heterocycles. The Morgan fingerprint density at radius 2 is 1.53 bits per heavy atom. The van der Waals surface area contributed by atoms with Crippen molar-refractivity contribution in [3.63, 3.8) is 0 Å². The number of halogens is 7. The van der Waals surface area contributed by atoms with Gasteiger partial charge in [0.25, 0.3) is 0 Å². The van der Waals surface area contributed by atoms with Gasteiger partial charge in [0.15, 0.2) is 0 Å². The number of rotatable bonds is 20. The number of hydrogen-bond acceptors (Lipinski definition) is 12. The molecule has 6 N–H and O–H groups in total. The van der Waals surface area contributed by atoms with Crippen LogP contribution in [0, 0.1) is 34.4 Å². The zero-order chi connectivity index (χ0) is 56.0. The molecule has 0 spiro atoms. The third-order valence-corrected chi connectivity index (χ3v) is 13.8. The molecule has 2 bridgehead atoms. The summed E-state index contributed by atoms with van der Waals surface area (Å²) in [4.78, 5) is 60.2. The van der Waals surface area contributed by atoms with E-state index in [1.165, 1.54) is 27.0 Å². The largest absolute Gasteiger partial charge is 0.469 e. The lowest BCUT2D eigenvalue weighted by atomic mass is 9.77. The number of alkyl carbamates (subject to hydrolysis) is 1. The molecule has 22 heteroatoms. The quantitative estimate of drug-likeness (QED) is 0.0342. The van der Waals surface area contributed by atoms with Crippen LogP contribution in [-0.4, -0.2) is 134 Å². The zero-order valence-corrected chi connectivity index (χ0v) is 43.9. The second kappa shape index (κ2) is 27.0. The number of nitrogens with two attached hydrogens (primary N) is 1. The molecule has 412 valence electrons. The van der Waals surface area contributed by atoms with Crippen LogP contribution in [0.3, 0.4) is 0 Å². The summed E-state index contributed by atoms with van der Waals surface area (Å²) in [6, 6.07) is 16.3. The number of nitrogens with zero attached hydrogens (tertiary/aromatic N) is 4. The monoisotopic (exact) mass is 1090 g/mol. The molecule has 2 unspecified atom stereocenters. The lowest BCUT2D eigenvalue weighted by Gasteiger charge is -2.41. The van der Waals surface area contributed by atoms with Crippen molar-refractivity contribution in [1.82, 2.24) is 30.8 Å². The van der Waals surface area contributed by atoms with Gasteiger partial charge in [-0.15, -0.1) is 0 Å². The number of carbonyl (C=O) groups excluding carboxylic acids is 4. The van der Waals surface area contributed by atoms with E-state index in [-0.39, 0.29) is 48.6 Å². The van der Waals surface area contributed by atoms with Crippen molar-refractivity contribution in [2.75, 3.05) is 58.6 Å². The minimum absolute atomic E-state index is 0.0544. The van der Waals surface area contributed by atoms with Gasteiger partial charge in [-0.2, -0.15) is 13.2 Å². The van der Waals surface area contributed by atoms with Gasteiger partial charge in [-0.3, -0.25) is 33.0 Å². The second-order valence-electron chi connectivity index (χ2n) is 20.1. The van der Waals surface area contributed by atoms with E-state index in [4.69, 9.17) is 17.3 Å². The van der Waals surface area contributed by atoms with Crippen LogP contribution >= 0.6 is 11.6 Å². The van der Waals surface area contributed by atoms with Crippen LogP contribution in [0.1, 0.15) is 69.2 Å². The maximum Gasteiger partial charge on any atom is 0.407 e. The molecule has 2 saturated heterocycles. The Labute approximate surface area is 443 Å². The minimum Gasteiger partial charge on any atom is -0.469 e. The molecular weight excluding hydrogens is 1020 g/mol. The van der Waals surface area contributed by atoms with Crippen LogP contribution in [0.4, 0.5) is 37.0 Å². The molecule has 2 aliphatic heterocycles. The van der Waals surface area contributed by atoms with Gasteiger partial charge in [0.1, 0.15) is 17.7 Å². The fourth-order valence-corrected chi connectivity index (χ4v) is 9.15. The van der Waals surface area contributed by atoms with Crippen molar-refractivity contribution < 1.29 is 60.1 Å². The molecule has 15 nitrogen and oxygen atoms in total. The molecule has 76 heavy (non-hydrogen) atoms. The van der Waals surface area contributed by atoms with Crippen LogP contribution in [0.15, 0.2) is 79.1 Å². The highest BCUT2D eigenvalue weighted by molar-refractivity contribution is 6.31. The van der Waals surface area contributed by atoms with Crippen LogP contribution in [0.2, 0.25) is 5.02 Å². The maximum absolute atomic E-state index is 15.3. The summed E-state index contributed by atoms with van der Waals surface area (Å²) in [5, 5.41) is 19.8. The lowest BCUT2D eigenvalue weighted by molar-refractivity contribution is -0.153. The van der Waals surface area contributed by atoms with E-state index in [0.717, 1.165) is 20.0 Å². The van der Waals surface area contributed by atoms with E-state index in [2.05, 4.69) is 47.2 Å². The number of esters is 1. The second-order valence-corrected chi connectivity index (χ2v) is 20.5. The Balaban J connectivity index is 0.000000666. The third-order valence-electron chi connectivity index (χ3n) is 13.4. The molecule has 0 saturated carbocycles. The maximum atomic E-state index is 15.3. The predicted molar refractivity (Wildman–Crippen MR) is 275 cm³/mol. The van der Waals surface area contributed by atoms with E-state index in [1.807, 2.05) is 17.0 Å². The number of amides is 3. The number of benzene rings is 2. The topological polar surface area (TPSA) is 201 Å². The highest BCUT2D eigenvalue weighted by atomic mass is 35.5. The summed E-state index contributed by atoms with van der Waals surface area (Å²) in [7, 11) is 2.33. The van der Waals surface area contributed by atoms with Crippen molar-refractivity contribution in [1.29, 1.82) is 0 Å². The van der Waals surface area contributed by atoms with Crippen LogP contribution < -0.4 is 26.6 Å². The Morgan fingerprint density at radius 3 is 2.07 bits per heavy atom. The lowest BCUT2D eigenvalue weighted by Crippen LogP contribution is -2.59. The van der Waals surface area contributed by atoms with Gasteiger partial charge in [-0.05, 0) is 73.4 Å². The molecule has 2 aromatic carbocycles. The van der Waals surface area contributed by atoms with E-state index < -0.39 is 90.7 Å². The summed E-state index contributed by atoms with van der Waals surface area (Å²) < 4.78 is 90.4. The molecule has 6 atom stereocenters. The number of aliphatic hydroxyl groups excluding tert-OH is 1. The predicted octanol–water partition coefficient (Wildman–Crippen LogP) is 7.10. The van der Waals surface area contributed by atoms with Crippen molar-refractivity contribution in [3.8, 4) is 23.1 Å². The number of fused-ring (bicyclic) bond motifs is 2. The fourth-order valence-electron chi connectivity index (χ4n) is 8.88. The van der Waals surface area contributed by atoms with Gasteiger partial charge in [0.2, 0.25) is 11.8 Å². The summed E-state index contributed by atoms with van der Waals surface area (Å²) in [6.07, 6.45) is -1.82. The summed E-state index contributed by atoms with van der Waals surface area (Å²) in [6.45, 7) is 4.26. The van der Waals surface area contributed by atoms with Gasteiger partial charge < -0.3 is 41.2 Å². The first-order valence-electron chi connectivity index (χ1n) is 24.4. The number of carbonyl (C=O) groups is 4. The molecular formula is C54H65ClF6N8O7.